The number of nitriles is 1. The number of anilines is 1. The predicted molar refractivity (Wildman–Crippen MR) is 66.2 cm³/mol. The summed E-state index contributed by atoms with van der Waals surface area (Å²) in [5.41, 5.74) is 0.722. The van der Waals surface area contributed by atoms with Gasteiger partial charge in [0.1, 0.15) is 6.07 Å². The first-order valence-corrected chi connectivity index (χ1v) is 6.21. The van der Waals surface area contributed by atoms with Crippen molar-refractivity contribution >= 4 is 21.6 Å². The average molecular weight is 299 g/mol. The Morgan fingerprint density at radius 1 is 1.59 bits per heavy atom. The lowest BCUT2D eigenvalue weighted by molar-refractivity contribution is 0.187. The maximum absolute atomic E-state index is 13.8. The van der Waals surface area contributed by atoms with E-state index >= 15 is 0 Å². The maximum Gasteiger partial charge on any atom is 0.161 e. The number of ether oxygens (including phenoxy) is 1. The fraction of sp³-hybridized carbons (Fsp3) is 0.417. The third-order valence-corrected chi connectivity index (χ3v) is 3.58. The minimum absolute atomic E-state index is 0.215. The Kier molecular flexibility index (Phi) is 3.97. The van der Waals surface area contributed by atoms with Gasteiger partial charge in [-0.1, -0.05) is 0 Å². The standard InChI is InChI=1S/C12H12BrFN2O/c13-11-9(5-15)1-2-10(12(11)14)16-6-8-3-4-17-7-8/h1-2,8,16H,3-4,6-7H2. The lowest BCUT2D eigenvalue weighted by atomic mass is 10.1. The highest BCUT2D eigenvalue weighted by Crippen LogP contribution is 2.27. The van der Waals surface area contributed by atoms with Crippen LogP contribution in [-0.4, -0.2) is 19.8 Å². The van der Waals surface area contributed by atoms with Crippen molar-refractivity contribution in [2.24, 2.45) is 5.92 Å². The van der Waals surface area contributed by atoms with Gasteiger partial charge in [-0.15, -0.1) is 0 Å². The maximum atomic E-state index is 13.8. The number of hydrogen-bond acceptors (Lipinski definition) is 3. The summed E-state index contributed by atoms with van der Waals surface area (Å²) >= 11 is 3.08. The molecule has 1 heterocycles. The molecule has 1 fully saturated rings. The fourth-order valence-corrected chi connectivity index (χ4v) is 2.21. The van der Waals surface area contributed by atoms with E-state index in [-0.39, 0.29) is 4.47 Å². The van der Waals surface area contributed by atoms with Crippen molar-refractivity contribution in [1.82, 2.24) is 0 Å². The molecule has 1 aliphatic rings. The van der Waals surface area contributed by atoms with Crippen molar-refractivity contribution in [2.75, 3.05) is 25.1 Å². The fourth-order valence-electron chi connectivity index (χ4n) is 1.77. The number of nitrogens with one attached hydrogen (secondary N) is 1. The predicted octanol–water partition coefficient (Wildman–Crippen LogP) is 2.91. The van der Waals surface area contributed by atoms with Gasteiger partial charge < -0.3 is 10.1 Å². The number of benzene rings is 1. The quantitative estimate of drug-likeness (QED) is 0.933. The normalized spacial score (nSPS) is 19.0. The molecule has 1 unspecified atom stereocenters. The Morgan fingerprint density at radius 3 is 3.06 bits per heavy atom. The summed E-state index contributed by atoms with van der Waals surface area (Å²) in [6.45, 7) is 2.20. The number of rotatable bonds is 3. The van der Waals surface area contributed by atoms with Gasteiger partial charge in [-0.2, -0.15) is 5.26 Å². The first-order chi connectivity index (χ1) is 8.22. The van der Waals surface area contributed by atoms with Gasteiger partial charge in [-0.3, -0.25) is 0 Å². The lowest BCUT2D eigenvalue weighted by Gasteiger charge is -2.12. The molecule has 1 N–H and O–H groups in total. The summed E-state index contributed by atoms with van der Waals surface area (Å²) in [5.74, 6) is 0.0202. The molecule has 0 bridgehead atoms. The van der Waals surface area contributed by atoms with Crippen LogP contribution in [0, 0.1) is 23.1 Å². The molecule has 0 radical (unpaired) electrons. The first-order valence-electron chi connectivity index (χ1n) is 5.42. The van der Waals surface area contributed by atoms with Crippen LogP contribution >= 0.6 is 15.9 Å². The number of halogens is 2. The van der Waals surface area contributed by atoms with Gasteiger partial charge in [-0.25, -0.2) is 4.39 Å². The third kappa shape index (κ3) is 2.76. The molecule has 1 saturated heterocycles. The smallest absolute Gasteiger partial charge is 0.161 e. The minimum Gasteiger partial charge on any atom is -0.382 e. The van der Waals surface area contributed by atoms with Gasteiger partial charge in [-0.05, 0) is 34.5 Å². The van der Waals surface area contributed by atoms with Crippen molar-refractivity contribution in [2.45, 2.75) is 6.42 Å². The summed E-state index contributed by atoms with van der Waals surface area (Å²) in [6, 6.07) is 5.12. The molecule has 0 amide bonds. The molecule has 0 aliphatic carbocycles. The zero-order chi connectivity index (χ0) is 12.3. The van der Waals surface area contributed by atoms with Crippen LogP contribution in [0.5, 0.6) is 0 Å². The molecular formula is C12H12BrFN2O. The summed E-state index contributed by atoms with van der Waals surface area (Å²) in [5, 5.41) is 11.8. The van der Waals surface area contributed by atoms with Crippen LogP contribution in [0.4, 0.5) is 10.1 Å². The molecule has 0 saturated carbocycles. The van der Waals surface area contributed by atoms with E-state index in [1.54, 1.807) is 12.1 Å². The summed E-state index contributed by atoms with van der Waals surface area (Å²) in [6.07, 6.45) is 1.01. The van der Waals surface area contributed by atoms with Gasteiger partial charge in [0.15, 0.2) is 5.82 Å². The van der Waals surface area contributed by atoms with Crippen LogP contribution < -0.4 is 5.32 Å². The largest absolute Gasteiger partial charge is 0.382 e. The van der Waals surface area contributed by atoms with Crippen LogP contribution in [-0.2, 0) is 4.74 Å². The van der Waals surface area contributed by atoms with E-state index in [1.165, 1.54) is 0 Å². The minimum atomic E-state index is -0.414. The first kappa shape index (κ1) is 12.3. The van der Waals surface area contributed by atoms with Crippen molar-refractivity contribution in [3.63, 3.8) is 0 Å². The number of nitrogens with zero attached hydrogens (tertiary/aromatic N) is 1. The molecule has 0 spiro atoms. The molecule has 1 atom stereocenters. The van der Waals surface area contributed by atoms with Crippen LogP contribution in [0.3, 0.4) is 0 Å². The van der Waals surface area contributed by atoms with Crippen LogP contribution in [0.1, 0.15) is 12.0 Å². The molecule has 2 rings (SSSR count). The van der Waals surface area contributed by atoms with E-state index in [9.17, 15) is 4.39 Å². The van der Waals surface area contributed by atoms with Crippen LogP contribution in [0.2, 0.25) is 0 Å². The van der Waals surface area contributed by atoms with Gasteiger partial charge in [0.25, 0.3) is 0 Å². The molecule has 5 heteroatoms. The highest BCUT2D eigenvalue weighted by atomic mass is 79.9. The Hall–Kier alpha value is -1.12. The zero-order valence-electron chi connectivity index (χ0n) is 9.17. The summed E-state index contributed by atoms with van der Waals surface area (Å²) in [4.78, 5) is 0. The topological polar surface area (TPSA) is 45.0 Å². The molecule has 90 valence electrons. The molecule has 0 aromatic heterocycles. The second-order valence-electron chi connectivity index (χ2n) is 4.01. The highest BCUT2D eigenvalue weighted by Gasteiger charge is 2.17. The van der Waals surface area contributed by atoms with Gasteiger partial charge in [0, 0.05) is 19.1 Å². The average Bonchev–Trinajstić information content (AvgIpc) is 2.84. The Bertz CT molecular complexity index is 453. The summed E-state index contributed by atoms with van der Waals surface area (Å²) < 4.78 is 19.3. The van der Waals surface area contributed by atoms with Gasteiger partial charge >= 0.3 is 0 Å². The number of hydrogen-bond donors (Lipinski definition) is 1. The van der Waals surface area contributed by atoms with Gasteiger partial charge in [0.05, 0.1) is 22.3 Å². The molecule has 1 aromatic rings. The van der Waals surface area contributed by atoms with Crippen molar-refractivity contribution in [3.8, 4) is 6.07 Å². The van der Waals surface area contributed by atoms with Crippen molar-refractivity contribution in [3.05, 3.63) is 28.0 Å². The highest BCUT2D eigenvalue weighted by molar-refractivity contribution is 9.10. The van der Waals surface area contributed by atoms with E-state index in [1.807, 2.05) is 6.07 Å². The SMILES string of the molecule is N#Cc1ccc(NCC2CCOC2)c(F)c1Br. The molecule has 17 heavy (non-hydrogen) atoms. The molecule has 1 aromatic carbocycles. The van der Waals surface area contributed by atoms with E-state index < -0.39 is 5.82 Å². The second kappa shape index (κ2) is 5.48. The molecule has 1 aliphatic heterocycles. The molecule has 3 nitrogen and oxygen atoms in total. The van der Waals surface area contributed by atoms with Crippen molar-refractivity contribution < 1.29 is 9.13 Å². The summed E-state index contributed by atoms with van der Waals surface area (Å²) in [7, 11) is 0. The monoisotopic (exact) mass is 298 g/mol. The zero-order valence-corrected chi connectivity index (χ0v) is 10.8. The van der Waals surface area contributed by atoms with Crippen LogP contribution in [0.25, 0.3) is 0 Å². The molecular weight excluding hydrogens is 287 g/mol. The van der Waals surface area contributed by atoms with E-state index in [0.717, 1.165) is 19.6 Å². The van der Waals surface area contributed by atoms with Gasteiger partial charge in [0.2, 0.25) is 0 Å². The Morgan fingerprint density at radius 2 is 2.41 bits per heavy atom. The Balaban J connectivity index is 2.06. The van der Waals surface area contributed by atoms with E-state index in [4.69, 9.17) is 10.00 Å². The second-order valence-corrected chi connectivity index (χ2v) is 4.80. The van der Waals surface area contributed by atoms with Crippen molar-refractivity contribution in [1.29, 1.82) is 5.26 Å². The third-order valence-electron chi connectivity index (χ3n) is 2.81. The lowest BCUT2D eigenvalue weighted by Crippen LogP contribution is -2.15. The van der Waals surface area contributed by atoms with E-state index in [2.05, 4.69) is 21.2 Å². The Labute approximate surface area is 108 Å². The van der Waals surface area contributed by atoms with Crippen LogP contribution in [0.15, 0.2) is 16.6 Å². The van der Waals surface area contributed by atoms with E-state index in [0.29, 0.717) is 23.7 Å².